The second-order valence-electron chi connectivity index (χ2n) is 13.0. The molecule has 6 aromatic carbocycles. The highest BCUT2D eigenvalue weighted by Gasteiger charge is 2.14. The van der Waals surface area contributed by atoms with E-state index in [1.165, 1.54) is 5.56 Å². The summed E-state index contributed by atoms with van der Waals surface area (Å²) in [5, 5.41) is 0. The number of rotatable bonds is 8. The molecule has 9 aromatic rings. The maximum absolute atomic E-state index is 5.02. The smallest absolute Gasteiger partial charge is 0.164 e. The average Bonchev–Trinajstić information content (AvgIpc) is 3.27. The van der Waals surface area contributed by atoms with Gasteiger partial charge in [-0.2, -0.15) is 0 Å². The molecule has 0 saturated heterocycles. The van der Waals surface area contributed by atoms with Crippen molar-refractivity contribution in [2.45, 2.75) is 0 Å². The molecule has 0 N–H and O–H groups in total. The Morgan fingerprint density at radius 2 is 0.463 bits per heavy atom. The number of hydrogen-bond donors (Lipinski definition) is 0. The molecule has 3 heterocycles. The van der Waals surface area contributed by atoms with Gasteiger partial charge in [0.05, 0.1) is 11.4 Å². The van der Waals surface area contributed by atoms with E-state index in [2.05, 4.69) is 156 Å². The van der Waals surface area contributed by atoms with Gasteiger partial charge in [-0.25, -0.2) is 15.0 Å². The van der Waals surface area contributed by atoms with E-state index in [0.29, 0.717) is 17.5 Å². The highest BCUT2D eigenvalue weighted by Crippen LogP contribution is 2.31. The van der Waals surface area contributed by atoms with Crippen LogP contribution in [0.3, 0.4) is 0 Å². The summed E-state index contributed by atoms with van der Waals surface area (Å²) in [7, 11) is 0. The van der Waals surface area contributed by atoms with Crippen LogP contribution in [0.2, 0.25) is 0 Å². The van der Waals surface area contributed by atoms with Crippen LogP contribution in [-0.2, 0) is 0 Å². The fraction of sp³-hybridized carbons (Fsp3) is 0. The summed E-state index contributed by atoms with van der Waals surface area (Å²) < 4.78 is 0. The fourth-order valence-corrected chi connectivity index (χ4v) is 6.56. The maximum atomic E-state index is 5.02. The third-order valence-electron chi connectivity index (χ3n) is 9.53. The molecule has 0 aliphatic rings. The average molecular weight is 692 g/mol. The normalized spacial score (nSPS) is 11.0. The molecule has 0 spiro atoms. The van der Waals surface area contributed by atoms with E-state index in [-0.39, 0.29) is 0 Å². The van der Waals surface area contributed by atoms with Crippen molar-refractivity contribution in [3.63, 3.8) is 0 Å². The number of nitrogens with zero attached hydrogens (tertiary/aromatic N) is 5. The lowest BCUT2D eigenvalue weighted by Crippen LogP contribution is -2.00. The Kier molecular flexibility index (Phi) is 8.86. The first-order valence-corrected chi connectivity index (χ1v) is 17.9. The van der Waals surface area contributed by atoms with Gasteiger partial charge in [0.2, 0.25) is 0 Å². The molecule has 0 fully saturated rings. The van der Waals surface area contributed by atoms with Crippen LogP contribution in [0.25, 0.3) is 90.1 Å². The standard InChI is InChI=1S/C49H33N5/c1-2-8-34(9-3-1)35-16-26-42(27-17-35)47-52-48(43-28-18-38(19-29-43)36-12-22-40(23-13-36)45-10-4-6-32-50-45)54-49(53-47)44-30-20-39(21-31-44)37-14-24-41(25-15-37)46-11-5-7-33-51-46/h1-33H. The second kappa shape index (κ2) is 14.7. The lowest BCUT2D eigenvalue weighted by Gasteiger charge is -2.11. The summed E-state index contributed by atoms with van der Waals surface area (Å²) in [5.41, 5.74) is 13.6. The predicted octanol–water partition coefficient (Wildman–Crippen LogP) is 12.0. The SMILES string of the molecule is c1ccc(-c2ccc(-c3nc(-c4ccc(-c5ccc(-c6ccccn6)cc5)cc4)nc(-c4ccc(-c5ccc(-c6ccccn6)cc5)cc4)n3)cc2)cc1. The number of pyridine rings is 2. The quantitative estimate of drug-likeness (QED) is 0.159. The Bertz CT molecular complexity index is 2480. The first-order chi connectivity index (χ1) is 26.7. The van der Waals surface area contributed by atoms with E-state index >= 15 is 0 Å². The molecule has 5 heteroatoms. The minimum atomic E-state index is 0.619. The zero-order valence-electron chi connectivity index (χ0n) is 29.3. The number of benzene rings is 6. The van der Waals surface area contributed by atoms with Crippen molar-refractivity contribution in [1.82, 2.24) is 24.9 Å². The Balaban J connectivity index is 1.04. The zero-order valence-corrected chi connectivity index (χ0v) is 29.3. The van der Waals surface area contributed by atoms with Gasteiger partial charge in [0, 0.05) is 40.2 Å². The van der Waals surface area contributed by atoms with Crippen molar-refractivity contribution >= 4 is 0 Å². The van der Waals surface area contributed by atoms with Crippen molar-refractivity contribution in [1.29, 1.82) is 0 Å². The molecule has 0 atom stereocenters. The van der Waals surface area contributed by atoms with E-state index in [0.717, 1.165) is 67.0 Å². The van der Waals surface area contributed by atoms with Gasteiger partial charge in [-0.05, 0) is 57.6 Å². The van der Waals surface area contributed by atoms with Gasteiger partial charge in [-0.1, -0.05) is 164 Å². The molecule has 5 nitrogen and oxygen atoms in total. The summed E-state index contributed by atoms with van der Waals surface area (Å²) in [5.74, 6) is 1.86. The predicted molar refractivity (Wildman–Crippen MR) is 219 cm³/mol. The number of hydrogen-bond acceptors (Lipinski definition) is 5. The van der Waals surface area contributed by atoms with Gasteiger partial charge in [0.1, 0.15) is 0 Å². The first-order valence-electron chi connectivity index (χ1n) is 17.9. The molecule has 0 amide bonds. The summed E-state index contributed by atoms with van der Waals surface area (Å²) >= 11 is 0. The lowest BCUT2D eigenvalue weighted by molar-refractivity contribution is 1.07. The van der Waals surface area contributed by atoms with Gasteiger partial charge < -0.3 is 0 Å². The van der Waals surface area contributed by atoms with Crippen molar-refractivity contribution in [3.05, 3.63) is 200 Å². The summed E-state index contributed by atoms with van der Waals surface area (Å²) in [6.07, 6.45) is 3.64. The highest BCUT2D eigenvalue weighted by molar-refractivity contribution is 5.75. The first kappa shape index (κ1) is 32.5. The van der Waals surface area contributed by atoms with Gasteiger partial charge in [0.25, 0.3) is 0 Å². The van der Waals surface area contributed by atoms with Crippen LogP contribution in [0.5, 0.6) is 0 Å². The topological polar surface area (TPSA) is 64.5 Å². The van der Waals surface area contributed by atoms with E-state index < -0.39 is 0 Å². The van der Waals surface area contributed by atoms with E-state index in [9.17, 15) is 0 Å². The van der Waals surface area contributed by atoms with Gasteiger partial charge in [-0.15, -0.1) is 0 Å². The maximum Gasteiger partial charge on any atom is 0.164 e. The van der Waals surface area contributed by atoms with Crippen LogP contribution >= 0.6 is 0 Å². The minimum absolute atomic E-state index is 0.619. The highest BCUT2D eigenvalue weighted by atomic mass is 15.0. The molecule has 0 bridgehead atoms. The van der Waals surface area contributed by atoms with Crippen molar-refractivity contribution in [2.75, 3.05) is 0 Å². The van der Waals surface area contributed by atoms with E-state index in [4.69, 9.17) is 15.0 Å². The Hall–Kier alpha value is -7.37. The second-order valence-corrected chi connectivity index (χ2v) is 13.0. The van der Waals surface area contributed by atoms with Crippen LogP contribution in [0.4, 0.5) is 0 Å². The third kappa shape index (κ3) is 6.94. The molecule has 0 saturated carbocycles. The van der Waals surface area contributed by atoms with E-state index in [1.807, 2.05) is 54.9 Å². The van der Waals surface area contributed by atoms with Crippen molar-refractivity contribution in [3.8, 4) is 90.1 Å². The monoisotopic (exact) mass is 691 g/mol. The Morgan fingerprint density at radius 1 is 0.204 bits per heavy atom. The fourth-order valence-electron chi connectivity index (χ4n) is 6.56. The number of aromatic nitrogens is 5. The van der Waals surface area contributed by atoms with Crippen LogP contribution in [0.15, 0.2) is 200 Å². The molecule has 254 valence electrons. The van der Waals surface area contributed by atoms with Crippen molar-refractivity contribution in [2.24, 2.45) is 0 Å². The molecule has 0 unspecified atom stereocenters. The third-order valence-corrected chi connectivity index (χ3v) is 9.53. The molecular weight excluding hydrogens is 659 g/mol. The molecule has 54 heavy (non-hydrogen) atoms. The molecular formula is C49H33N5. The molecule has 0 aliphatic heterocycles. The Labute approximate surface area is 314 Å². The largest absolute Gasteiger partial charge is 0.256 e. The Morgan fingerprint density at radius 3 is 0.759 bits per heavy atom. The van der Waals surface area contributed by atoms with Gasteiger partial charge in [0.15, 0.2) is 17.5 Å². The summed E-state index contributed by atoms with van der Waals surface area (Å²) in [4.78, 5) is 24.0. The zero-order chi connectivity index (χ0) is 36.1. The van der Waals surface area contributed by atoms with Crippen LogP contribution in [-0.4, -0.2) is 24.9 Å². The van der Waals surface area contributed by atoms with Crippen LogP contribution in [0.1, 0.15) is 0 Å². The van der Waals surface area contributed by atoms with Crippen LogP contribution in [0, 0.1) is 0 Å². The van der Waals surface area contributed by atoms with E-state index in [1.54, 1.807) is 0 Å². The molecule has 9 rings (SSSR count). The van der Waals surface area contributed by atoms with Crippen LogP contribution < -0.4 is 0 Å². The van der Waals surface area contributed by atoms with Gasteiger partial charge >= 0.3 is 0 Å². The molecule has 0 radical (unpaired) electrons. The van der Waals surface area contributed by atoms with Crippen molar-refractivity contribution < 1.29 is 0 Å². The lowest BCUT2D eigenvalue weighted by atomic mass is 10.0. The van der Waals surface area contributed by atoms with Gasteiger partial charge in [-0.3, -0.25) is 9.97 Å². The minimum Gasteiger partial charge on any atom is -0.256 e. The molecule has 0 aliphatic carbocycles. The molecule has 3 aromatic heterocycles. The summed E-state index contributed by atoms with van der Waals surface area (Å²) in [6, 6.07) is 64.5. The summed E-state index contributed by atoms with van der Waals surface area (Å²) in [6.45, 7) is 0.